The van der Waals surface area contributed by atoms with E-state index in [1.165, 1.54) is 0 Å². The van der Waals surface area contributed by atoms with E-state index >= 15 is 0 Å². The predicted molar refractivity (Wildman–Crippen MR) is 108 cm³/mol. The van der Waals surface area contributed by atoms with Gasteiger partial charge < -0.3 is 4.90 Å². The molecule has 2 aromatic carbocycles. The Bertz CT molecular complexity index is 962. The number of hydrogen-bond donors (Lipinski definition) is 1. The molecule has 1 N–H and O–H groups in total. The Morgan fingerprint density at radius 1 is 1.10 bits per heavy atom. The molecule has 0 saturated carbocycles. The Balaban J connectivity index is 1.75. The van der Waals surface area contributed by atoms with Crippen LogP contribution < -0.4 is 4.72 Å². The smallest absolute Gasteiger partial charge is 0.302 e. The monoisotopic (exact) mass is 444 g/mol. The topological polar surface area (TPSA) is 49.4 Å². The van der Waals surface area contributed by atoms with Gasteiger partial charge in [-0.1, -0.05) is 25.1 Å². The molecule has 0 radical (unpaired) electrons. The lowest BCUT2D eigenvalue weighted by Gasteiger charge is -2.17. The molecular weight excluding hydrogens is 420 g/mol. The molecule has 1 aliphatic rings. The van der Waals surface area contributed by atoms with Crippen molar-refractivity contribution in [2.45, 2.75) is 30.3 Å². The Morgan fingerprint density at radius 3 is 2.40 bits per heavy atom. The fourth-order valence-corrected chi connectivity index (χ4v) is 4.95. The summed E-state index contributed by atoms with van der Waals surface area (Å²) in [5, 5.41) is 0. The highest BCUT2D eigenvalue weighted by molar-refractivity contribution is 7.92. The van der Waals surface area contributed by atoms with Crippen LogP contribution in [0.3, 0.4) is 0 Å². The molecule has 1 fully saturated rings. The van der Waals surface area contributed by atoms with Gasteiger partial charge in [0.2, 0.25) is 0 Å². The van der Waals surface area contributed by atoms with Crippen LogP contribution in [-0.4, -0.2) is 39.6 Å². The molecule has 1 saturated heterocycles. The van der Waals surface area contributed by atoms with Gasteiger partial charge in [-0.3, -0.25) is 9.11 Å². The van der Waals surface area contributed by atoms with Crippen molar-refractivity contribution in [1.29, 1.82) is 0 Å². The number of likely N-dealkylation sites (tertiary alicyclic amines) is 1. The molecule has 0 aromatic heterocycles. The van der Waals surface area contributed by atoms with Gasteiger partial charge in [0.25, 0.3) is 10.0 Å². The van der Waals surface area contributed by atoms with Gasteiger partial charge in [-0.2, -0.15) is 13.2 Å². The van der Waals surface area contributed by atoms with Crippen molar-refractivity contribution in [3.05, 3.63) is 59.7 Å². The Labute approximate surface area is 173 Å². The van der Waals surface area contributed by atoms with Crippen molar-refractivity contribution >= 4 is 15.7 Å². The average Bonchev–Trinajstić information content (AvgIpc) is 3.11. The van der Waals surface area contributed by atoms with Gasteiger partial charge in [0.1, 0.15) is 0 Å². The van der Waals surface area contributed by atoms with E-state index in [9.17, 15) is 26.0 Å². The molecule has 1 aliphatic heterocycles. The zero-order valence-corrected chi connectivity index (χ0v) is 17.3. The number of rotatable bonds is 7. The van der Waals surface area contributed by atoms with Crippen molar-refractivity contribution < 1.29 is 26.0 Å². The summed E-state index contributed by atoms with van der Waals surface area (Å²) in [6, 6.07) is 10.2. The van der Waals surface area contributed by atoms with Gasteiger partial charge in [0, 0.05) is 30.6 Å². The third kappa shape index (κ3) is 5.13. The second-order valence-corrected chi connectivity index (χ2v) is 9.22. The fourth-order valence-electron chi connectivity index (χ4n) is 3.85. The summed E-state index contributed by atoms with van der Waals surface area (Å²) in [7, 11) is -4.18. The number of nitrogens with one attached hydrogen (secondary N) is 1. The molecule has 3 rings (SSSR count). The molecule has 2 atom stereocenters. The molecule has 0 spiro atoms. The normalized spacial score (nSPS) is 20.4. The summed E-state index contributed by atoms with van der Waals surface area (Å²) in [5.74, 6) is -0.0834. The lowest BCUT2D eigenvalue weighted by atomic mass is 9.90. The number of alkyl halides is 4. The highest BCUT2D eigenvalue weighted by Crippen LogP contribution is 2.34. The maximum Gasteiger partial charge on any atom is 0.416 e. The maximum absolute atomic E-state index is 13.5. The highest BCUT2D eigenvalue weighted by Gasteiger charge is 2.34. The van der Waals surface area contributed by atoms with Gasteiger partial charge in [0.15, 0.2) is 0 Å². The van der Waals surface area contributed by atoms with Gasteiger partial charge >= 0.3 is 6.18 Å². The van der Waals surface area contributed by atoms with E-state index in [1.807, 2.05) is 0 Å². The SMILES string of the molecule is CCCN1C[C@H](CF)[C@@H](c2ccc(NS(=O)(=O)c3cccc(C(F)(F)F)c3)cc2)C1. The van der Waals surface area contributed by atoms with Gasteiger partial charge in [-0.15, -0.1) is 0 Å². The van der Waals surface area contributed by atoms with E-state index in [4.69, 9.17) is 0 Å². The lowest BCUT2D eigenvalue weighted by Crippen LogP contribution is -2.21. The van der Waals surface area contributed by atoms with Gasteiger partial charge in [-0.25, -0.2) is 8.42 Å². The van der Waals surface area contributed by atoms with Crippen LogP contribution in [0.5, 0.6) is 0 Å². The number of nitrogens with zero attached hydrogens (tertiary/aromatic N) is 1. The summed E-state index contributed by atoms with van der Waals surface area (Å²) >= 11 is 0. The minimum atomic E-state index is -4.63. The van der Waals surface area contributed by atoms with E-state index in [1.54, 1.807) is 24.3 Å². The molecule has 0 aliphatic carbocycles. The van der Waals surface area contributed by atoms with E-state index in [2.05, 4.69) is 16.5 Å². The van der Waals surface area contributed by atoms with E-state index in [0.717, 1.165) is 43.3 Å². The van der Waals surface area contributed by atoms with Crippen LogP contribution in [0.15, 0.2) is 53.4 Å². The van der Waals surface area contributed by atoms with E-state index < -0.39 is 33.3 Å². The molecule has 0 amide bonds. The van der Waals surface area contributed by atoms with Crippen LogP contribution >= 0.6 is 0 Å². The largest absolute Gasteiger partial charge is 0.416 e. The summed E-state index contributed by atoms with van der Waals surface area (Å²) < 4.78 is 79.4. The maximum atomic E-state index is 13.5. The molecule has 2 aromatic rings. The van der Waals surface area contributed by atoms with E-state index in [0.29, 0.717) is 12.6 Å². The average molecular weight is 444 g/mol. The molecule has 9 heteroatoms. The van der Waals surface area contributed by atoms with Crippen LogP contribution in [0.2, 0.25) is 0 Å². The molecule has 30 heavy (non-hydrogen) atoms. The molecule has 164 valence electrons. The zero-order valence-electron chi connectivity index (χ0n) is 16.5. The third-order valence-corrected chi connectivity index (χ3v) is 6.70. The minimum Gasteiger partial charge on any atom is -0.302 e. The summed E-state index contributed by atoms with van der Waals surface area (Å²) in [6.07, 6.45) is -3.64. The summed E-state index contributed by atoms with van der Waals surface area (Å²) in [5.41, 5.74) is 0.116. The van der Waals surface area contributed by atoms with Crippen molar-refractivity contribution in [3.8, 4) is 0 Å². The second kappa shape index (κ2) is 8.93. The summed E-state index contributed by atoms with van der Waals surface area (Å²) in [6.45, 7) is 4.00. The zero-order chi connectivity index (χ0) is 21.9. The standard InChI is InChI=1S/C21H24F4N2O2S/c1-2-10-27-13-16(12-22)20(14-27)15-6-8-18(9-7-15)26-30(28,29)19-5-3-4-17(11-19)21(23,24)25/h3-9,11,16,20,26H,2,10,12-14H2,1H3/t16-,20+/m0/s1. The van der Waals surface area contributed by atoms with Crippen molar-refractivity contribution in [2.75, 3.05) is 31.0 Å². The third-order valence-electron chi connectivity index (χ3n) is 5.32. The van der Waals surface area contributed by atoms with Gasteiger partial charge in [-0.05, 0) is 48.9 Å². The first-order valence-electron chi connectivity index (χ1n) is 9.72. The number of benzene rings is 2. The van der Waals surface area contributed by atoms with Crippen LogP contribution in [0.25, 0.3) is 0 Å². The number of sulfonamides is 1. The number of anilines is 1. The fraction of sp³-hybridized carbons (Fsp3) is 0.429. The first kappa shape index (κ1) is 22.6. The van der Waals surface area contributed by atoms with Crippen molar-refractivity contribution in [2.24, 2.45) is 5.92 Å². The molecule has 0 unspecified atom stereocenters. The Morgan fingerprint density at radius 2 is 1.80 bits per heavy atom. The Hall–Kier alpha value is -2.13. The number of hydrogen-bond acceptors (Lipinski definition) is 3. The predicted octanol–water partition coefficient (Wildman–Crippen LogP) is 4.90. The second-order valence-electron chi connectivity index (χ2n) is 7.53. The van der Waals surface area contributed by atoms with Crippen LogP contribution in [0.1, 0.15) is 30.4 Å². The van der Waals surface area contributed by atoms with Crippen molar-refractivity contribution in [1.82, 2.24) is 4.90 Å². The van der Waals surface area contributed by atoms with Crippen LogP contribution in [0, 0.1) is 5.92 Å². The van der Waals surface area contributed by atoms with E-state index in [-0.39, 0.29) is 17.5 Å². The first-order chi connectivity index (χ1) is 14.1. The van der Waals surface area contributed by atoms with Crippen molar-refractivity contribution in [3.63, 3.8) is 0 Å². The molecule has 1 heterocycles. The molecule has 0 bridgehead atoms. The molecule has 4 nitrogen and oxygen atoms in total. The molecular formula is C21H24F4N2O2S. The lowest BCUT2D eigenvalue weighted by molar-refractivity contribution is -0.137. The van der Waals surface area contributed by atoms with Crippen LogP contribution in [0.4, 0.5) is 23.2 Å². The first-order valence-corrected chi connectivity index (χ1v) is 11.2. The van der Waals surface area contributed by atoms with Gasteiger partial charge in [0.05, 0.1) is 17.1 Å². The minimum absolute atomic E-state index is 0.0238. The highest BCUT2D eigenvalue weighted by atomic mass is 32.2. The van der Waals surface area contributed by atoms with Crippen LogP contribution in [-0.2, 0) is 16.2 Å². The Kier molecular flexibility index (Phi) is 6.71. The quantitative estimate of drug-likeness (QED) is 0.618. The number of halogens is 4. The summed E-state index contributed by atoms with van der Waals surface area (Å²) in [4.78, 5) is 1.75.